The molecule has 2 N–H and O–H groups in total. The first-order valence-corrected chi connectivity index (χ1v) is 6.29. The Hall–Kier alpha value is -1.51. The summed E-state index contributed by atoms with van der Waals surface area (Å²) in [4.78, 5) is 0. The molecule has 1 unspecified atom stereocenters. The summed E-state index contributed by atoms with van der Waals surface area (Å²) >= 11 is 6.16. The Bertz CT molecular complexity index is 513. The van der Waals surface area contributed by atoms with Gasteiger partial charge in [0.15, 0.2) is 0 Å². The summed E-state index contributed by atoms with van der Waals surface area (Å²) < 4.78 is 5.94. The first-order chi connectivity index (χ1) is 8.72. The third-order valence-electron chi connectivity index (χ3n) is 2.83. The van der Waals surface area contributed by atoms with Crippen molar-refractivity contribution in [2.24, 2.45) is 5.73 Å². The van der Waals surface area contributed by atoms with Gasteiger partial charge >= 0.3 is 0 Å². The van der Waals surface area contributed by atoms with Gasteiger partial charge < -0.3 is 10.5 Å². The summed E-state index contributed by atoms with van der Waals surface area (Å²) in [6, 6.07) is 15.7. The number of benzene rings is 2. The van der Waals surface area contributed by atoms with Crippen LogP contribution in [-0.4, -0.2) is 0 Å². The van der Waals surface area contributed by atoms with Crippen molar-refractivity contribution in [3.63, 3.8) is 0 Å². The van der Waals surface area contributed by atoms with Gasteiger partial charge in [0.2, 0.25) is 0 Å². The minimum absolute atomic E-state index is 0.0589. The van der Waals surface area contributed by atoms with Crippen LogP contribution in [0.25, 0.3) is 0 Å². The van der Waals surface area contributed by atoms with Gasteiger partial charge in [-0.25, -0.2) is 0 Å². The SMILES string of the molecule is CC(Oc1c(Cl)cccc1CN)c1ccccc1. The van der Waals surface area contributed by atoms with Crippen LogP contribution in [-0.2, 0) is 6.54 Å². The molecule has 0 fully saturated rings. The van der Waals surface area contributed by atoms with Crippen LogP contribution >= 0.6 is 11.6 Å². The normalized spacial score (nSPS) is 12.2. The molecule has 2 aromatic rings. The second kappa shape index (κ2) is 5.89. The lowest BCUT2D eigenvalue weighted by Crippen LogP contribution is -2.07. The van der Waals surface area contributed by atoms with E-state index in [4.69, 9.17) is 22.1 Å². The summed E-state index contributed by atoms with van der Waals surface area (Å²) in [7, 11) is 0. The molecule has 2 aromatic carbocycles. The summed E-state index contributed by atoms with van der Waals surface area (Å²) in [6.45, 7) is 2.41. The Morgan fingerprint density at radius 1 is 1.11 bits per heavy atom. The van der Waals surface area contributed by atoms with E-state index < -0.39 is 0 Å². The van der Waals surface area contributed by atoms with Crippen LogP contribution in [0.15, 0.2) is 48.5 Å². The van der Waals surface area contributed by atoms with Crippen molar-refractivity contribution in [2.45, 2.75) is 19.6 Å². The molecule has 0 aliphatic heterocycles. The molecule has 2 nitrogen and oxygen atoms in total. The standard InChI is InChI=1S/C15H16ClNO/c1-11(12-6-3-2-4-7-12)18-15-13(10-17)8-5-9-14(15)16/h2-9,11H,10,17H2,1H3. The molecule has 18 heavy (non-hydrogen) atoms. The molecule has 94 valence electrons. The van der Waals surface area contributed by atoms with Crippen molar-refractivity contribution in [1.82, 2.24) is 0 Å². The summed E-state index contributed by atoms with van der Waals surface area (Å²) in [5.41, 5.74) is 7.73. The Morgan fingerprint density at radius 3 is 2.50 bits per heavy atom. The molecule has 0 saturated heterocycles. The van der Waals surface area contributed by atoms with Crippen molar-refractivity contribution in [1.29, 1.82) is 0 Å². The van der Waals surface area contributed by atoms with Crippen LogP contribution in [0.1, 0.15) is 24.2 Å². The number of para-hydroxylation sites is 1. The quantitative estimate of drug-likeness (QED) is 0.905. The zero-order chi connectivity index (χ0) is 13.0. The first-order valence-electron chi connectivity index (χ1n) is 5.91. The predicted octanol–water partition coefficient (Wildman–Crippen LogP) is 3.94. The highest BCUT2D eigenvalue weighted by molar-refractivity contribution is 6.32. The fraction of sp³-hybridized carbons (Fsp3) is 0.200. The molecule has 0 aliphatic carbocycles. The van der Waals surface area contributed by atoms with E-state index in [-0.39, 0.29) is 6.10 Å². The fourth-order valence-corrected chi connectivity index (χ4v) is 2.05. The van der Waals surface area contributed by atoms with E-state index in [1.54, 1.807) is 0 Å². The molecule has 3 heteroatoms. The second-order valence-corrected chi connectivity index (χ2v) is 4.51. The average molecular weight is 262 g/mol. The van der Waals surface area contributed by atoms with Gasteiger partial charge in [-0.2, -0.15) is 0 Å². The Labute approximate surface area is 112 Å². The number of rotatable bonds is 4. The van der Waals surface area contributed by atoms with Gasteiger partial charge in [-0.3, -0.25) is 0 Å². The maximum Gasteiger partial charge on any atom is 0.143 e. The van der Waals surface area contributed by atoms with E-state index >= 15 is 0 Å². The van der Waals surface area contributed by atoms with Crippen molar-refractivity contribution < 1.29 is 4.74 Å². The molecule has 0 heterocycles. The first kappa shape index (κ1) is 12.9. The largest absolute Gasteiger partial charge is 0.484 e. The van der Waals surface area contributed by atoms with Crippen LogP contribution in [0, 0.1) is 0 Å². The van der Waals surface area contributed by atoms with E-state index in [9.17, 15) is 0 Å². The second-order valence-electron chi connectivity index (χ2n) is 4.10. The molecule has 0 saturated carbocycles. The maximum absolute atomic E-state index is 6.16. The van der Waals surface area contributed by atoms with Crippen LogP contribution in [0.4, 0.5) is 0 Å². The molecule has 2 rings (SSSR count). The summed E-state index contributed by atoms with van der Waals surface area (Å²) in [5, 5.41) is 0.598. The molecular formula is C15H16ClNO. The minimum Gasteiger partial charge on any atom is -0.484 e. The Balaban J connectivity index is 2.24. The lowest BCUT2D eigenvalue weighted by atomic mass is 10.1. The van der Waals surface area contributed by atoms with E-state index in [2.05, 4.69) is 0 Å². The van der Waals surface area contributed by atoms with Gasteiger partial charge in [0.1, 0.15) is 11.9 Å². The maximum atomic E-state index is 6.16. The van der Waals surface area contributed by atoms with E-state index in [0.29, 0.717) is 17.3 Å². The fourth-order valence-electron chi connectivity index (χ4n) is 1.82. The molecule has 0 aliphatic rings. The topological polar surface area (TPSA) is 35.2 Å². The number of hydrogen-bond acceptors (Lipinski definition) is 2. The van der Waals surface area contributed by atoms with Crippen LogP contribution in [0.3, 0.4) is 0 Å². The van der Waals surface area contributed by atoms with Gasteiger partial charge in [-0.05, 0) is 18.6 Å². The van der Waals surface area contributed by atoms with Crippen molar-refractivity contribution in [3.05, 3.63) is 64.7 Å². The van der Waals surface area contributed by atoms with Gasteiger partial charge in [0, 0.05) is 12.1 Å². The number of halogens is 1. The lowest BCUT2D eigenvalue weighted by molar-refractivity contribution is 0.225. The minimum atomic E-state index is -0.0589. The highest BCUT2D eigenvalue weighted by Gasteiger charge is 2.12. The van der Waals surface area contributed by atoms with Gasteiger partial charge in [0.25, 0.3) is 0 Å². The van der Waals surface area contributed by atoms with Crippen LogP contribution in [0.2, 0.25) is 5.02 Å². The third kappa shape index (κ3) is 2.84. The third-order valence-corrected chi connectivity index (χ3v) is 3.13. The highest BCUT2D eigenvalue weighted by atomic mass is 35.5. The average Bonchev–Trinajstić information content (AvgIpc) is 2.42. The van der Waals surface area contributed by atoms with Crippen LogP contribution < -0.4 is 10.5 Å². The monoisotopic (exact) mass is 261 g/mol. The van der Waals surface area contributed by atoms with Gasteiger partial charge in [-0.1, -0.05) is 54.1 Å². The zero-order valence-electron chi connectivity index (χ0n) is 10.3. The summed E-state index contributed by atoms with van der Waals surface area (Å²) in [5.74, 6) is 0.679. The molecular weight excluding hydrogens is 246 g/mol. The van der Waals surface area contributed by atoms with Gasteiger partial charge in [-0.15, -0.1) is 0 Å². The summed E-state index contributed by atoms with van der Waals surface area (Å²) in [6.07, 6.45) is -0.0589. The van der Waals surface area contributed by atoms with Crippen molar-refractivity contribution in [3.8, 4) is 5.75 Å². The molecule has 0 spiro atoms. The number of ether oxygens (including phenoxy) is 1. The lowest BCUT2D eigenvalue weighted by Gasteiger charge is -2.18. The van der Waals surface area contributed by atoms with E-state index in [1.807, 2.05) is 55.5 Å². The molecule has 0 aromatic heterocycles. The highest BCUT2D eigenvalue weighted by Crippen LogP contribution is 2.32. The molecule has 1 atom stereocenters. The molecule has 0 amide bonds. The molecule has 0 radical (unpaired) electrons. The zero-order valence-corrected chi connectivity index (χ0v) is 11.0. The van der Waals surface area contributed by atoms with E-state index in [1.165, 1.54) is 0 Å². The Kier molecular flexibility index (Phi) is 4.24. The number of hydrogen-bond donors (Lipinski definition) is 1. The van der Waals surface area contributed by atoms with Crippen molar-refractivity contribution in [2.75, 3.05) is 0 Å². The van der Waals surface area contributed by atoms with Gasteiger partial charge in [0.05, 0.1) is 5.02 Å². The van der Waals surface area contributed by atoms with E-state index in [0.717, 1.165) is 11.1 Å². The predicted molar refractivity (Wildman–Crippen MR) is 74.8 cm³/mol. The van der Waals surface area contributed by atoms with Crippen molar-refractivity contribution >= 4 is 11.6 Å². The Morgan fingerprint density at radius 2 is 1.83 bits per heavy atom. The number of nitrogens with two attached hydrogens (primary N) is 1. The molecule has 0 bridgehead atoms. The smallest absolute Gasteiger partial charge is 0.143 e. The van der Waals surface area contributed by atoms with Crippen LogP contribution in [0.5, 0.6) is 5.75 Å².